The number of fused-ring (bicyclic) bond motifs is 9. The van der Waals surface area contributed by atoms with Crippen LogP contribution in [0.25, 0.3) is 55.3 Å². The zero-order chi connectivity index (χ0) is 46.7. The number of nitrogens with zero attached hydrogens (tertiary/aromatic N) is 1. The molecule has 2 heteroatoms. The second kappa shape index (κ2) is 15.0. The number of benzene rings is 9. The van der Waals surface area contributed by atoms with Gasteiger partial charge in [0.05, 0.1) is 11.1 Å². The lowest BCUT2D eigenvalue weighted by atomic mass is 9.66. The molecule has 0 bridgehead atoms. The summed E-state index contributed by atoms with van der Waals surface area (Å²) in [4.78, 5) is 2.55. The van der Waals surface area contributed by atoms with Crippen LogP contribution in [-0.2, 0) is 21.7 Å². The molecule has 0 amide bonds. The lowest BCUT2D eigenvalue weighted by molar-refractivity contribution is 0.586. The highest BCUT2D eigenvalue weighted by Crippen LogP contribution is 2.61. The third kappa shape index (κ3) is 6.23. The summed E-state index contributed by atoms with van der Waals surface area (Å²) in [5, 5.41) is 2.28. The summed E-state index contributed by atoms with van der Waals surface area (Å²) in [6, 6.07) is 75.2. The van der Waals surface area contributed by atoms with E-state index in [0.717, 1.165) is 44.4 Å². The molecule has 12 rings (SSSR count). The van der Waals surface area contributed by atoms with Gasteiger partial charge in [-0.25, -0.2) is 0 Å². The molecule has 1 atom stereocenters. The molecule has 0 saturated carbocycles. The number of hydrogen-bond donors (Lipinski definition) is 0. The molecule has 332 valence electrons. The average molecular weight is 880 g/mol. The predicted molar refractivity (Wildman–Crippen MR) is 286 cm³/mol. The van der Waals surface area contributed by atoms with Crippen molar-refractivity contribution in [2.45, 2.75) is 77.0 Å². The van der Waals surface area contributed by atoms with Crippen LogP contribution < -0.4 is 4.90 Å². The summed E-state index contributed by atoms with van der Waals surface area (Å²) in [6.45, 7) is 18.8. The molecule has 0 N–H and O–H groups in total. The first kappa shape index (κ1) is 42.0. The van der Waals surface area contributed by atoms with Crippen LogP contribution in [-0.4, -0.2) is 0 Å². The Labute approximate surface area is 401 Å². The van der Waals surface area contributed by atoms with Gasteiger partial charge in [0.25, 0.3) is 0 Å². The van der Waals surface area contributed by atoms with E-state index in [1.165, 1.54) is 72.4 Å². The maximum absolute atomic E-state index is 6.60. The number of rotatable bonds is 6. The normalized spacial score (nSPS) is 15.8. The molecule has 0 fully saturated rings. The summed E-state index contributed by atoms with van der Waals surface area (Å²) in [5.74, 6) is 0. The standard InChI is InChI=1S/C66H57NO/c1-63(2,3)45-34-36-54-57(38-45)66(43-20-11-9-12-21-43,44-32-30-42(31-33-44)49-26-19-27-53-52-25-16-18-29-60(52)68-62(49)53)58-39-46(64(4,5)6)40-59(61(54)58)67(47-22-13-10-14-23-47)48-35-37-51-50-24-15-17-28-55(50)65(7,8)56(51)41-48/h9-41H,1-8H3. The van der Waals surface area contributed by atoms with Crippen LogP contribution in [0.5, 0.6) is 0 Å². The largest absolute Gasteiger partial charge is 0.455 e. The fraction of sp³-hybridized carbons (Fsp3) is 0.182. The van der Waals surface area contributed by atoms with Gasteiger partial charge in [0.1, 0.15) is 11.2 Å². The second-order valence-corrected chi connectivity index (χ2v) is 21.7. The predicted octanol–water partition coefficient (Wildman–Crippen LogP) is 18.0. The van der Waals surface area contributed by atoms with E-state index >= 15 is 0 Å². The van der Waals surface area contributed by atoms with Crippen molar-refractivity contribution in [3.63, 3.8) is 0 Å². The molecule has 0 radical (unpaired) electrons. The van der Waals surface area contributed by atoms with E-state index < -0.39 is 5.41 Å². The van der Waals surface area contributed by atoms with Crippen molar-refractivity contribution in [1.82, 2.24) is 0 Å². The van der Waals surface area contributed by atoms with Gasteiger partial charge in [-0.3, -0.25) is 0 Å². The maximum Gasteiger partial charge on any atom is 0.143 e. The smallest absolute Gasteiger partial charge is 0.143 e. The minimum atomic E-state index is -0.656. The van der Waals surface area contributed by atoms with Crippen LogP contribution in [0.15, 0.2) is 205 Å². The van der Waals surface area contributed by atoms with Gasteiger partial charge in [-0.1, -0.05) is 219 Å². The molecular weight excluding hydrogens is 823 g/mol. The molecule has 1 heterocycles. The number of hydrogen-bond acceptors (Lipinski definition) is 2. The van der Waals surface area contributed by atoms with Gasteiger partial charge >= 0.3 is 0 Å². The molecule has 9 aromatic carbocycles. The first-order chi connectivity index (χ1) is 32.7. The molecule has 0 spiro atoms. The molecule has 1 unspecified atom stereocenters. The summed E-state index contributed by atoms with van der Waals surface area (Å²) >= 11 is 0. The Morgan fingerprint density at radius 2 is 1.01 bits per heavy atom. The van der Waals surface area contributed by atoms with Crippen molar-refractivity contribution in [3.8, 4) is 33.4 Å². The van der Waals surface area contributed by atoms with Crippen LogP contribution >= 0.6 is 0 Å². The Bertz CT molecular complexity index is 3600. The molecule has 68 heavy (non-hydrogen) atoms. The fourth-order valence-corrected chi connectivity index (χ4v) is 11.7. The van der Waals surface area contributed by atoms with Crippen molar-refractivity contribution in [3.05, 3.63) is 245 Å². The van der Waals surface area contributed by atoms with E-state index in [1.54, 1.807) is 0 Å². The zero-order valence-electron chi connectivity index (χ0n) is 40.4. The lowest BCUT2D eigenvalue weighted by Gasteiger charge is -2.36. The second-order valence-electron chi connectivity index (χ2n) is 21.7. The minimum Gasteiger partial charge on any atom is -0.455 e. The van der Waals surface area contributed by atoms with Gasteiger partial charge in [0, 0.05) is 38.7 Å². The molecule has 2 aliphatic rings. The van der Waals surface area contributed by atoms with Crippen molar-refractivity contribution in [2.24, 2.45) is 0 Å². The lowest BCUT2D eigenvalue weighted by Crippen LogP contribution is -2.30. The Hall–Kier alpha value is -7.42. The molecule has 0 saturated heterocycles. The average Bonchev–Trinajstić information content (AvgIpc) is 3.95. The SMILES string of the molecule is CC(C)(C)c1ccc2c(c1)C(c1ccccc1)(c1ccc(-c3cccc4c3oc3ccccc34)cc1)c1cc(C(C)(C)C)cc(N(c3ccccc3)c3ccc4c(c3)C(C)(C)c3ccccc3-4)c1-2. The van der Waals surface area contributed by atoms with E-state index in [-0.39, 0.29) is 16.2 Å². The van der Waals surface area contributed by atoms with Crippen LogP contribution in [0.4, 0.5) is 17.1 Å². The third-order valence-electron chi connectivity index (χ3n) is 15.3. The number of anilines is 3. The van der Waals surface area contributed by atoms with Gasteiger partial charge in [0.15, 0.2) is 0 Å². The summed E-state index contributed by atoms with van der Waals surface area (Å²) in [6.07, 6.45) is 0. The number of furan rings is 1. The molecule has 0 aliphatic heterocycles. The van der Waals surface area contributed by atoms with Crippen LogP contribution in [0.3, 0.4) is 0 Å². The third-order valence-corrected chi connectivity index (χ3v) is 15.3. The minimum absolute atomic E-state index is 0.0778. The van der Waals surface area contributed by atoms with Gasteiger partial charge in [-0.2, -0.15) is 0 Å². The maximum atomic E-state index is 6.60. The Morgan fingerprint density at radius 3 is 1.76 bits per heavy atom. The molecule has 10 aromatic rings. The van der Waals surface area contributed by atoms with Gasteiger partial charge < -0.3 is 9.32 Å². The topological polar surface area (TPSA) is 16.4 Å². The summed E-state index contributed by atoms with van der Waals surface area (Å²) < 4.78 is 6.60. The van der Waals surface area contributed by atoms with Crippen LogP contribution in [0.1, 0.15) is 99.9 Å². The van der Waals surface area contributed by atoms with Crippen LogP contribution in [0.2, 0.25) is 0 Å². The highest BCUT2D eigenvalue weighted by atomic mass is 16.3. The van der Waals surface area contributed by atoms with Crippen molar-refractivity contribution >= 4 is 39.0 Å². The van der Waals surface area contributed by atoms with E-state index in [9.17, 15) is 0 Å². The van der Waals surface area contributed by atoms with Crippen molar-refractivity contribution in [2.75, 3.05) is 4.90 Å². The van der Waals surface area contributed by atoms with Gasteiger partial charge in [-0.05, 0) is 114 Å². The fourth-order valence-electron chi connectivity index (χ4n) is 11.7. The molecule has 2 nitrogen and oxygen atoms in total. The van der Waals surface area contributed by atoms with Crippen molar-refractivity contribution in [1.29, 1.82) is 0 Å². The van der Waals surface area contributed by atoms with Gasteiger partial charge in [-0.15, -0.1) is 0 Å². The highest BCUT2D eigenvalue weighted by molar-refractivity contribution is 6.09. The number of para-hydroxylation sites is 3. The van der Waals surface area contributed by atoms with Crippen LogP contribution in [0, 0.1) is 0 Å². The van der Waals surface area contributed by atoms with E-state index in [1.807, 2.05) is 6.07 Å². The van der Waals surface area contributed by atoms with E-state index in [0.29, 0.717) is 0 Å². The van der Waals surface area contributed by atoms with Gasteiger partial charge in [0.2, 0.25) is 0 Å². The quantitative estimate of drug-likeness (QED) is 0.165. The van der Waals surface area contributed by atoms with E-state index in [2.05, 4.69) is 254 Å². The Balaban J connectivity index is 1.16. The molecule has 1 aromatic heterocycles. The summed E-state index contributed by atoms with van der Waals surface area (Å²) in [7, 11) is 0. The molecular formula is C66H57NO. The first-order valence-corrected chi connectivity index (χ1v) is 24.3. The molecule has 2 aliphatic carbocycles. The highest BCUT2D eigenvalue weighted by Gasteiger charge is 2.49. The monoisotopic (exact) mass is 879 g/mol. The first-order valence-electron chi connectivity index (χ1n) is 24.3. The Morgan fingerprint density at radius 1 is 0.412 bits per heavy atom. The zero-order valence-corrected chi connectivity index (χ0v) is 40.4. The summed E-state index contributed by atoms with van der Waals surface area (Å²) in [5.41, 5.74) is 22.1. The van der Waals surface area contributed by atoms with E-state index in [4.69, 9.17) is 4.42 Å². The van der Waals surface area contributed by atoms with Crippen molar-refractivity contribution < 1.29 is 4.42 Å². The Kier molecular flexibility index (Phi) is 9.29.